The van der Waals surface area contributed by atoms with Crippen molar-refractivity contribution in [2.75, 3.05) is 17.6 Å². The van der Waals surface area contributed by atoms with Gasteiger partial charge in [0.25, 0.3) is 0 Å². The van der Waals surface area contributed by atoms with E-state index in [0.29, 0.717) is 5.75 Å². The summed E-state index contributed by atoms with van der Waals surface area (Å²) < 4.78 is 0. The van der Waals surface area contributed by atoms with Crippen LogP contribution in [0.15, 0.2) is 29.2 Å². The van der Waals surface area contributed by atoms with Gasteiger partial charge in [-0.1, -0.05) is 13.3 Å². The fourth-order valence-electron chi connectivity index (χ4n) is 1.44. The molecule has 0 bridgehead atoms. The zero-order valence-corrected chi connectivity index (χ0v) is 12.2. The number of hydrogen-bond donors (Lipinski definition) is 2. The Morgan fingerprint density at radius 1 is 1.21 bits per heavy atom. The van der Waals surface area contributed by atoms with Crippen LogP contribution in [0.25, 0.3) is 0 Å². The largest absolute Gasteiger partial charge is 0.355 e. The van der Waals surface area contributed by atoms with Crippen molar-refractivity contribution in [3.63, 3.8) is 0 Å². The molecule has 0 radical (unpaired) electrons. The minimum atomic E-state index is -0.0873. The zero-order valence-electron chi connectivity index (χ0n) is 11.4. The highest BCUT2D eigenvalue weighted by Gasteiger charge is 2.02. The number of unbranched alkanes of at least 4 members (excludes halogenated alkanes) is 1. The van der Waals surface area contributed by atoms with Gasteiger partial charge in [0.15, 0.2) is 0 Å². The summed E-state index contributed by atoms with van der Waals surface area (Å²) in [4.78, 5) is 23.4. The van der Waals surface area contributed by atoms with Crippen LogP contribution in [0.2, 0.25) is 0 Å². The lowest BCUT2D eigenvalue weighted by Gasteiger charge is -2.05. The molecule has 0 saturated carbocycles. The smallest absolute Gasteiger partial charge is 0.230 e. The van der Waals surface area contributed by atoms with Gasteiger partial charge in [0.1, 0.15) is 0 Å². The van der Waals surface area contributed by atoms with E-state index in [1.165, 1.54) is 18.7 Å². The molecule has 0 aliphatic carbocycles. The van der Waals surface area contributed by atoms with Crippen LogP contribution in [0.1, 0.15) is 26.7 Å². The lowest BCUT2D eigenvalue weighted by Crippen LogP contribution is -2.25. The van der Waals surface area contributed by atoms with Gasteiger partial charge in [0.05, 0.1) is 5.75 Å². The number of hydrogen-bond acceptors (Lipinski definition) is 3. The third-order valence-corrected chi connectivity index (χ3v) is 3.41. The van der Waals surface area contributed by atoms with Gasteiger partial charge in [-0.25, -0.2) is 0 Å². The molecule has 0 atom stereocenters. The molecule has 0 spiro atoms. The van der Waals surface area contributed by atoms with Gasteiger partial charge in [0, 0.05) is 24.1 Å². The summed E-state index contributed by atoms with van der Waals surface area (Å²) in [6.45, 7) is 4.32. The monoisotopic (exact) mass is 280 g/mol. The van der Waals surface area contributed by atoms with Gasteiger partial charge in [-0.3, -0.25) is 9.59 Å². The molecule has 104 valence electrons. The molecule has 5 heteroatoms. The molecular formula is C14H20N2O2S. The van der Waals surface area contributed by atoms with Gasteiger partial charge in [-0.2, -0.15) is 0 Å². The van der Waals surface area contributed by atoms with Crippen molar-refractivity contribution in [3.8, 4) is 0 Å². The van der Waals surface area contributed by atoms with Gasteiger partial charge in [0.2, 0.25) is 11.8 Å². The van der Waals surface area contributed by atoms with E-state index in [1.807, 2.05) is 24.3 Å². The summed E-state index contributed by atoms with van der Waals surface area (Å²) >= 11 is 1.49. The highest BCUT2D eigenvalue weighted by molar-refractivity contribution is 8.00. The van der Waals surface area contributed by atoms with E-state index in [1.54, 1.807) is 0 Å². The van der Waals surface area contributed by atoms with Crippen LogP contribution in [0, 0.1) is 0 Å². The van der Waals surface area contributed by atoms with Gasteiger partial charge in [-0.05, 0) is 30.7 Å². The minimum Gasteiger partial charge on any atom is -0.355 e. The number of rotatable bonds is 7. The topological polar surface area (TPSA) is 58.2 Å². The van der Waals surface area contributed by atoms with Crippen molar-refractivity contribution < 1.29 is 9.59 Å². The number of amides is 2. The predicted octanol–water partition coefficient (Wildman–Crippen LogP) is 2.65. The Balaban J connectivity index is 2.33. The average Bonchev–Trinajstić information content (AvgIpc) is 2.37. The summed E-state index contributed by atoms with van der Waals surface area (Å²) in [5.74, 6) is 0.392. The number of thioether (sulfide) groups is 1. The fourth-order valence-corrected chi connectivity index (χ4v) is 2.17. The molecule has 0 aromatic heterocycles. The van der Waals surface area contributed by atoms with Crippen molar-refractivity contribution >= 4 is 29.3 Å². The molecule has 2 N–H and O–H groups in total. The van der Waals surface area contributed by atoms with Crippen LogP contribution in [0.5, 0.6) is 0 Å². The Morgan fingerprint density at radius 2 is 1.89 bits per heavy atom. The van der Waals surface area contributed by atoms with Crippen LogP contribution >= 0.6 is 11.8 Å². The minimum absolute atomic E-state index is 0.0596. The molecule has 0 fully saturated rings. The Hall–Kier alpha value is -1.49. The summed E-state index contributed by atoms with van der Waals surface area (Å²) in [5.41, 5.74) is 0.768. The molecule has 0 aliphatic heterocycles. The number of benzene rings is 1. The third-order valence-electron chi connectivity index (χ3n) is 2.40. The van der Waals surface area contributed by atoms with E-state index in [2.05, 4.69) is 17.6 Å². The highest BCUT2D eigenvalue weighted by Crippen LogP contribution is 2.20. The quantitative estimate of drug-likeness (QED) is 0.596. The molecule has 19 heavy (non-hydrogen) atoms. The molecular weight excluding hydrogens is 260 g/mol. The second-order valence-electron chi connectivity index (χ2n) is 4.20. The first kappa shape index (κ1) is 15.6. The number of nitrogens with one attached hydrogen (secondary N) is 2. The Bertz CT molecular complexity index is 418. The number of carbonyl (C=O) groups is 2. The average molecular weight is 280 g/mol. The van der Waals surface area contributed by atoms with E-state index < -0.39 is 0 Å². The van der Waals surface area contributed by atoms with E-state index in [4.69, 9.17) is 0 Å². The SMILES string of the molecule is CCCCNC(=O)CSc1ccc(NC(C)=O)cc1. The third kappa shape index (κ3) is 6.86. The van der Waals surface area contributed by atoms with Crippen molar-refractivity contribution in [1.82, 2.24) is 5.32 Å². The van der Waals surface area contributed by atoms with Crippen LogP contribution in [-0.2, 0) is 9.59 Å². The molecule has 1 rings (SSSR count). The normalized spacial score (nSPS) is 10.0. The lowest BCUT2D eigenvalue weighted by atomic mass is 10.3. The van der Waals surface area contributed by atoms with E-state index >= 15 is 0 Å². The van der Waals surface area contributed by atoms with Crippen LogP contribution < -0.4 is 10.6 Å². The van der Waals surface area contributed by atoms with Crippen LogP contribution in [0.3, 0.4) is 0 Å². The predicted molar refractivity (Wildman–Crippen MR) is 79.4 cm³/mol. The molecule has 4 nitrogen and oxygen atoms in total. The first-order valence-electron chi connectivity index (χ1n) is 6.39. The molecule has 1 aromatic rings. The second kappa shape index (κ2) is 8.58. The first-order valence-corrected chi connectivity index (χ1v) is 7.37. The van der Waals surface area contributed by atoms with E-state index in [9.17, 15) is 9.59 Å². The molecule has 0 saturated heterocycles. The summed E-state index contributed by atoms with van der Waals surface area (Å²) in [5, 5.41) is 5.58. The Labute approximate surface area is 118 Å². The maximum absolute atomic E-state index is 11.5. The van der Waals surface area contributed by atoms with E-state index in [-0.39, 0.29) is 11.8 Å². The zero-order chi connectivity index (χ0) is 14.1. The maximum atomic E-state index is 11.5. The second-order valence-corrected chi connectivity index (χ2v) is 5.25. The summed E-state index contributed by atoms with van der Waals surface area (Å²) in [6, 6.07) is 7.46. The van der Waals surface area contributed by atoms with Crippen LogP contribution in [-0.4, -0.2) is 24.1 Å². The van der Waals surface area contributed by atoms with Gasteiger partial charge >= 0.3 is 0 Å². The van der Waals surface area contributed by atoms with Crippen molar-refractivity contribution in [2.45, 2.75) is 31.6 Å². The number of anilines is 1. The Morgan fingerprint density at radius 3 is 2.47 bits per heavy atom. The lowest BCUT2D eigenvalue weighted by molar-refractivity contribution is -0.118. The highest BCUT2D eigenvalue weighted by atomic mass is 32.2. The molecule has 0 aliphatic rings. The van der Waals surface area contributed by atoms with Crippen LogP contribution in [0.4, 0.5) is 5.69 Å². The molecule has 1 aromatic carbocycles. The maximum Gasteiger partial charge on any atom is 0.230 e. The molecule has 0 heterocycles. The fraction of sp³-hybridized carbons (Fsp3) is 0.429. The summed E-state index contributed by atoms with van der Waals surface area (Å²) in [6.07, 6.45) is 2.10. The van der Waals surface area contributed by atoms with Gasteiger partial charge < -0.3 is 10.6 Å². The van der Waals surface area contributed by atoms with Crippen molar-refractivity contribution in [1.29, 1.82) is 0 Å². The van der Waals surface area contributed by atoms with E-state index in [0.717, 1.165) is 30.0 Å². The van der Waals surface area contributed by atoms with Gasteiger partial charge in [-0.15, -0.1) is 11.8 Å². The summed E-state index contributed by atoms with van der Waals surface area (Å²) in [7, 11) is 0. The first-order chi connectivity index (χ1) is 9.11. The molecule has 2 amide bonds. The molecule has 0 unspecified atom stereocenters. The van der Waals surface area contributed by atoms with Crippen molar-refractivity contribution in [2.24, 2.45) is 0 Å². The van der Waals surface area contributed by atoms with Crippen molar-refractivity contribution in [3.05, 3.63) is 24.3 Å². The number of carbonyl (C=O) groups excluding carboxylic acids is 2. The standard InChI is InChI=1S/C14H20N2O2S/c1-3-4-9-15-14(18)10-19-13-7-5-12(6-8-13)16-11(2)17/h5-8H,3-4,9-10H2,1-2H3,(H,15,18)(H,16,17). The Kier molecular flexibility index (Phi) is 7.03.